The second-order valence-corrected chi connectivity index (χ2v) is 7.31. The van der Waals surface area contributed by atoms with Gasteiger partial charge in [-0.05, 0) is 60.2 Å². The van der Waals surface area contributed by atoms with Gasteiger partial charge in [-0.25, -0.2) is 5.43 Å². The van der Waals surface area contributed by atoms with Crippen LogP contribution in [-0.2, 0) is 14.4 Å². The molecule has 0 radical (unpaired) electrons. The van der Waals surface area contributed by atoms with Gasteiger partial charge in [0.25, 0.3) is 11.6 Å². The van der Waals surface area contributed by atoms with Crippen LogP contribution in [0.3, 0.4) is 0 Å². The summed E-state index contributed by atoms with van der Waals surface area (Å²) in [5.74, 6) is -1.93. The van der Waals surface area contributed by atoms with Crippen molar-refractivity contribution in [3.63, 3.8) is 0 Å². The summed E-state index contributed by atoms with van der Waals surface area (Å²) in [6.07, 6.45) is 1.31. The fraction of sp³-hybridized carbons (Fsp3) is 0.0435. The molecule has 178 valence electrons. The number of rotatable bonds is 8. The highest BCUT2D eigenvalue weighted by atomic mass is 35.5. The second kappa shape index (κ2) is 11.9. The molecule has 0 aliphatic heterocycles. The summed E-state index contributed by atoms with van der Waals surface area (Å²) in [6, 6.07) is 18.2. The lowest BCUT2D eigenvalue weighted by atomic mass is 10.2. The zero-order chi connectivity index (χ0) is 25.2. The Bertz CT molecular complexity index is 1260. The van der Waals surface area contributed by atoms with Crippen LogP contribution in [0.15, 0.2) is 77.9 Å². The van der Waals surface area contributed by atoms with Crippen LogP contribution < -0.4 is 20.8 Å². The third kappa shape index (κ3) is 7.94. The second-order valence-electron chi connectivity index (χ2n) is 6.87. The van der Waals surface area contributed by atoms with Gasteiger partial charge in [-0.3, -0.25) is 24.5 Å². The first kappa shape index (κ1) is 24.9. The Morgan fingerprint density at radius 2 is 1.66 bits per heavy atom. The standard InChI is InChI=1S/C23H18ClN5O6/c24-16-2-1-3-18(12-16)26-21(30)14-35-20-10-4-15(5-11-20)13-25-28-23(32)22(31)27-17-6-8-19(9-7-17)29(33)34/h1-13H,14H2,(H,26,30)(H,27,31)(H,28,32)/b25-13-. The molecule has 0 aromatic heterocycles. The van der Waals surface area contributed by atoms with Crippen molar-refractivity contribution in [3.8, 4) is 5.75 Å². The van der Waals surface area contributed by atoms with Gasteiger partial charge in [0.2, 0.25) is 0 Å². The molecule has 0 unspecified atom stereocenters. The maximum absolute atomic E-state index is 12.0. The number of anilines is 2. The molecule has 3 aromatic carbocycles. The van der Waals surface area contributed by atoms with Gasteiger partial charge in [0.15, 0.2) is 6.61 Å². The van der Waals surface area contributed by atoms with Gasteiger partial charge < -0.3 is 15.4 Å². The molecule has 3 N–H and O–H groups in total. The fourth-order valence-electron chi connectivity index (χ4n) is 2.63. The van der Waals surface area contributed by atoms with Crippen molar-refractivity contribution < 1.29 is 24.0 Å². The third-order valence-electron chi connectivity index (χ3n) is 4.28. The molecular weight excluding hydrogens is 478 g/mol. The number of hydrazone groups is 1. The molecule has 0 spiro atoms. The van der Waals surface area contributed by atoms with Gasteiger partial charge in [0, 0.05) is 28.5 Å². The average Bonchev–Trinajstić information content (AvgIpc) is 2.84. The van der Waals surface area contributed by atoms with Gasteiger partial charge in [-0.15, -0.1) is 0 Å². The van der Waals surface area contributed by atoms with E-state index in [1.54, 1.807) is 48.5 Å². The molecule has 3 rings (SSSR count). The normalized spacial score (nSPS) is 10.4. The predicted octanol–water partition coefficient (Wildman–Crippen LogP) is 3.35. The fourth-order valence-corrected chi connectivity index (χ4v) is 2.82. The highest BCUT2D eigenvalue weighted by Crippen LogP contribution is 2.16. The Morgan fingerprint density at radius 3 is 2.31 bits per heavy atom. The number of nitro groups is 1. The van der Waals surface area contributed by atoms with Crippen molar-refractivity contribution in [1.82, 2.24) is 5.43 Å². The van der Waals surface area contributed by atoms with Crippen LogP contribution in [0.5, 0.6) is 5.75 Å². The van der Waals surface area contributed by atoms with Crippen molar-refractivity contribution in [1.29, 1.82) is 0 Å². The molecule has 0 bridgehead atoms. The van der Waals surface area contributed by atoms with Crippen LogP contribution in [0.4, 0.5) is 17.1 Å². The Balaban J connectivity index is 1.43. The van der Waals surface area contributed by atoms with Crippen LogP contribution in [0, 0.1) is 10.1 Å². The Kier molecular flexibility index (Phi) is 8.46. The van der Waals surface area contributed by atoms with Crippen LogP contribution in [0.1, 0.15) is 5.56 Å². The number of hydrogen-bond donors (Lipinski definition) is 3. The third-order valence-corrected chi connectivity index (χ3v) is 4.52. The molecule has 35 heavy (non-hydrogen) atoms. The molecular formula is C23H18ClN5O6. The summed E-state index contributed by atoms with van der Waals surface area (Å²) < 4.78 is 5.43. The summed E-state index contributed by atoms with van der Waals surface area (Å²) in [5.41, 5.74) is 3.30. The SMILES string of the molecule is O=C(COc1ccc(/C=N\NC(=O)C(=O)Nc2ccc([N+](=O)[O-])cc2)cc1)Nc1cccc(Cl)c1. The van der Waals surface area contributed by atoms with Gasteiger partial charge in [-0.1, -0.05) is 17.7 Å². The Labute approximate surface area is 203 Å². The van der Waals surface area contributed by atoms with Crippen LogP contribution in [0.2, 0.25) is 5.02 Å². The van der Waals surface area contributed by atoms with Gasteiger partial charge >= 0.3 is 11.8 Å². The molecule has 0 atom stereocenters. The number of nitrogens with one attached hydrogen (secondary N) is 3. The zero-order valence-electron chi connectivity index (χ0n) is 17.9. The van der Waals surface area contributed by atoms with E-state index < -0.39 is 16.7 Å². The van der Waals surface area contributed by atoms with E-state index in [1.165, 1.54) is 30.5 Å². The van der Waals surface area contributed by atoms with Gasteiger partial charge in [0.1, 0.15) is 5.75 Å². The molecule has 11 nitrogen and oxygen atoms in total. The minimum atomic E-state index is -1.02. The lowest BCUT2D eigenvalue weighted by Gasteiger charge is -2.08. The maximum atomic E-state index is 12.0. The van der Waals surface area contributed by atoms with E-state index in [4.69, 9.17) is 16.3 Å². The minimum absolute atomic E-state index is 0.144. The van der Waals surface area contributed by atoms with Crippen molar-refractivity contribution in [2.75, 3.05) is 17.2 Å². The molecule has 0 saturated carbocycles. The number of nitrogens with zero attached hydrogens (tertiary/aromatic N) is 2. The first-order chi connectivity index (χ1) is 16.8. The predicted molar refractivity (Wildman–Crippen MR) is 129 cm³/mol. The number of carbonyl (C=O) groups is 3. The lowest BCUT2D eigenvalue weighted by molar-refractivity contribution is -0.384. The Morgan fingerprint density at radius 1 is 0.943 bits per heavy atom. The van der Waals surface area contributed by atoms with E-state index in [2.05, 4.69) is 21.2 Å². The van der Waals surface area contributed by atoms with Gasteiger partial charge in [-0.2, -0.15) is 5.10 Å². The number of amides is 3. The number of halogens is 1. The molecule has 0 fully saturated rings. The van der Waals surface area contributed by atoms with Crippen molar-refractivity contribution in [3.05, 3.63) is 93.5 Å². The number of nitro benzene ring substituents is 1. The van der Waals surface area contributed by atoms with E-state index >= 15 is 0 Å². The Hall–Kier alpha value is -4.77. The number of carbonyl (C=O) groups excluding carboxylic acids is 3. The molecule has 0 aliphatic rings. The molecule has 0 aliphatic carbocycles. The zero-order valence-corrected chi connectivity index (χ0v) is 18.7. The first-order valence-corrected chi connectivity index (χ1v) is 10.3. The maximum Gasteiger partial charge on any atom is 0.329 e. The summed E-state index contributed by atoms with van der Waals surface area (Å²) in [5, 5.41) is 19.8. The van der Waals surface area contributed by atoms with Crippen LogP contribution in [-0.4, -0.2) is 35.5 Å². The highest BCUT2D eigenvalue weighted by Gasteiger charge is 2.13. The topological polar surface area (TPSA) is 152 Å². The van der Waals surface area contributed by atoms with E-state index in [1.807, 2.05) is 0 Å². The molecule has 3 aromatic rings. The molecule has 3 amide bonds. The van der Waals surface area contributed by atoms with Gasteiger partial charge in [0.05, 0.1) is 11.1 Å². The average molecular weight is 496 g/mol. The summed E-state index contributed by atoms with van der Waals surface area (Å²) in [4.78, 5) is 45.8. The lowest BCUT2D eigenvalue weighted by Crippen LogP contribution is -2.32. The van der Waals surface area contributed by atoms with E-state index in [0.29, 0.717) is 22.0 Å². The first-order valence-electron chi connectivity index (χ1n) is 9.97. The smallest absolute Gasteiger partial charge is 0.329 e. The van der Waals surface area contributed by atoms with Crippen LogP contribution >= 0.6 is 11.6 Å². The largest absolute Gasteiger partial charge is 0.484 e. The monoisotopic (exact) mass is 495 g/mol. The van der Waals surface area contributed by atoms with E-state index in [-0.39, 0.29) is 23.9 Å². The van der Waals surface area contributed by atoms with Crippen molar-refractivity contribution >= 4 is 52.6 Å². The van der Waals surface area contributed by atoms with Crippen molar-refractivity contribution in [2.24, 2.45) is 5.10 Å². The number of benzene rings is 3. The molecule has 0 saturated heterocycles. The summed E-state index contributed by atoms with van der Waals surface area (Å²) >= 11 is 5.88. The summed E-state index contributed by atoms with van der Waals surface area (Å²) in [7, 11) is 0. The van der Waals surface area contributed by atoms with Crippen molar-refractivity contribution in [2.45, 2.75) is 0 Å². The number of non-ortho nitro benzene ring substituents is 1. The number of ether oxygens (including phenoxy) is 1. The number of hydrogen-bond acceptors (Lipinski definition) is 7. The van der Waals surface area contributed by atoms with E-state index in [0.717, 1.165) is 0 Å². The van der Waals surface area contributed by atoms with E-state index in [9.17, 15) is 24.5 Å². The quantitative estimate of drug-likeness (QED) is 0.188. The molecule has 12 heteroatoms. The van der Waals surface area contributed by atoms with Crippen LogP contribution in [0.25, 0.3) is 0 Å². The summed E-state index contributed by atoms with van der Waals surface area (Å²) in [6.45, 7) is -0.208. The highest BCUT2D eigenvalue weighted by molar-refractivity contribution is 6.39. The minimum Gasteiger partial charge on any atom is -0.484 e. The molecule has 0 heterocycles.